The maximum atomic E-state index is 12.1. The fraction of sp³-hybridized carbons (Fsp3) is 0.500. The Morgan fingerprint density at radius 2 is 2.08 bits per heavy atom. The number of hydrogen-bond donors (Lipinski definition) is 2. The second-order valence-corrected chi connectivity index (χ2v) is 9.48. The maximum Gasteiger partial charge on any atom is 0.330 e. The molecule has 1 aromatic rings. The van der Waals surface area contributed by atoms with Gasteiger partial charge in [-0.15, -0.1) is 11.8 Å². The predicted molar refractivity (Wildman–Crippen MR) is 94.0 cm³/mol. The number of aryl methyl sites for hydroxylation is 1. The first-order valence-electron chi connectivity index (χ1n) is 7.60. The van der Waals surface area contributed by atoms with E-state index in [2.05, 4.69) is 5.32 Å². The summed E-state index contributed by atoms with van der Waals surface area (Å²) in [6.45, 7) is 3.71. The van der Waals surface area contributed by atoms with Gasteiger partial charge in [-0.3, -0.25) is 4.79 Å². The summed E-state index contributed by atoms with van der Waals surface area (Å²) in [6.07, 6.45) is 0.541. The molecule has 2 N–H and O–H groups in total. The third-order valence-electron chi connectivity index (χ3n) is 4.15. The Morgan fingerprint density at radius 3 is 2.67 bits per heavy atom. The molecule has 0 aliphatic carbocycles. The first-order chi connectivity index (χ1) is 11.2. The Labute approximate surface area is 145 Å². The normalized spacial score (nSPS) is 20.5. The number of hydrogen-bond acceptors (Lipinski definition) is 5. The second-order valence-electron chi connectivity index (χ2n) is 5.96. The molecule has 132 valence electrons. The molecule has 2 atom stereocenters. The van der Waals surface area contributed by atoms with E-state index in [1.165, 1.54) is 11.8 Å². The minimum absolute atomic E-state index is 0.0504. The van der Waals surface area contributed by atoms with E-state index in [9.17, 15) is 23.1 Å². The lowest BCUT2D eigenvalue weighted by Crippen LogP contribution is -2.35. The SMILES string of the molecule is Cc1cccc(C(NC(=O)CSC2CCS(=O)(=O)C2)C(=O)O)c1C. The molecule has 1 saturated heterocycles. The zero-order valence-corrected chi connectivity index (χ0v) is 15.2. The van der Waals surface area contributed by atoms with Gasteiger partial charge in [0.25, 0.3) is 0 Å². The van der Waals surface area contributed by atoms with Gasteiger partial charge < -0.3 is 10.4 Å². The molecule has 0 radical (unpaired) electrons. The van der Waals surface area contributed by atoms with Crippen molar-refractivity contribution in [3.8, 4) is 0 Å². The van der Waals surface area contributed by atoms with Crippen LogP contribution >= 0.6 is 11.8 Å². The van der Waals surface area contributed by atoms with Gasteiger partial charge in [0.2, 0.25) is 5.91 Å². The lowest BCUT2D eigenvalue weighted by atomic mass is 9.97. The summed E-state index contributed by atoms with van der Waals surface area (Å²) in [5.74, 6) is -1.23. The Bertz CT molecular complexity index is 745. The number of sulfone groups is 1. The van der Waals surface area contributed by atoms with Gasteiger partial charge in [-0.05, 0) is 37.0 Å². The van der Waals surface area contributed by atoms with Gasteiger partial charge in [-0.1, -0.05) is 18.2 Å². The summed E-state index contributed by atoms with van der Waals surface area (Å²) >= 11 is 1.27. The fourth-order valence-corrected chi connectivity index (χ4v) is 6.10. The molecular formula is C16H21NO5S2. The van der Waals surface area contributed by atoms with Crippen molar-refractivity contribution in [2.24, 2.45) is 0 Å². The zero-order valence-electron chi connectivity index (χ0n) is 13.6. The van der Waals surface area contributed by atoms with Gasteiger partial charge in [0.1, 0.15) is 0 Å². The molecule has 1 heterocycles. The predicted octanol–water partition coefficient (Wildman–Crippen LogP) is 1.47. The van der Waals surface area contributed by atoms with E-state index in [4.69, 9.17) is 0 Å². The summed E-state index contributed by atoms with van der Waals surface area (Å²) in [5, 5.41) is 11.9. The number of carboxylic acids is 1. The minimum Gasteiger partial charge on any atom is -0.479 e. The van der Waals surface area contributed by atoms with Crippen LogP contribution in [-0.4, -0.2) is 47.9 Å². The third kappa shape index (κ3) is 4.73. The van der Waals surface area contributed by atoms with Crippen molar-refractivity contribution in [3.63, 3.8) is 0 Å². The fourth-order valence-electron chi connectivity index (χ4n) is 2.65. The van der Waals surface area contributed by atoms with Crippen LogP contribution in [0.15, 0.2) is 18.2 Å². The highest BCUT2D eigenvalue weighted by molar-refractivity contribution is 8.02. The first-order valence-corrected chi connectivity index (χ1v) is 10.5. The van der Waals surface area contributed by atoms with Crippen LogP contribution in [0.5, 0.6) is 0 Å². The highest BCUT2D eigenvalue weighted by Gasteiger charge is 2.29. The van der Waals surface area contributed by atoms with Gasteiger partial charge in [-0.25, -0.2) is 13.2 Å². The van der Waals surface area contributed by atoms with Crippen molar-refractivity contribution in [1.82, 2.24) is 5.32 Å². The highest BCUT2D eigenvalue weighted by Crippen LogP contribution is 2.25. The number of carbonyl (C=O) groups excluding carboxylic acids is 1. The van der Waals surface area contributed by atoms with Crippen molar-refractivity contribution in [2.45, 2.75) is 31.6 Å². The van der Waals surface area contributed by atoms with E-state index >= 15 is 0 Å². The van der Waals surface area contributed by atoms with E-state index in [-0.39, 0.29) is 22.5 Å². The molecule has 1 aliphatic rings. The van der Waals surface area contributed by atoms with Gasteiger partial charge in [0.05, 0.1) is 17.3 Å². The van der Waals surface area contributed by atoms with Crippen molar-refractivity contribution in [1.29, 1.82) is 0 Å². The van der Waals surface area contributed by atoms with Crippen LogP contribution in [-0.2, 0) is 19.4 Å². The van der Waals surface area contributed by atoms with Gasteiger partial charge in [-0.2, -0.15) is 0 Å². The molecule has 1 aromatic carbocycles. The average molecular weight is 371 g/mol. The largest absolute Gasteiger partial charge is 0.479 e. The molecule has 24 heavy (non-hydrogen) atoms. The molecule has 1 fully saturated rings. The lowest BCUT2D eigenvalue weighted by molar-refractivity contribution is -0.141. The summed E-state index contributed by atoms with van der Waals surface area (Å²) in [5.41, 5.74) is 2.35. The first kappa shape index (κ1) is 18.8. The molecule has 8 heteroatoms. The highest BCUT2D eigenvalue weighted by atomic mass is 32.2. The quantitative estimate of drug-likeness (QED) is 0.785. The zero-order chi connectivity index (χ0) is 17.9. The van der Waals surface area contributed by atoms with Crippen molar-refractivity contribution in [3.05, 3.63) is 34.9 Å². The molecule has 0 spiro atoms. The van der Waals surface area contributed by atoms with E-state index < -0.39 is 27.8 Å². The Kier molecular flexibility index (Phi) is 5.92. The molecule has 0 saturated carbocycles. The van der Waals surface area contributed by atoms with Crippen LogP contribution in [0.25, 0.3) is 0 Å². The van der Waals surface area contributed by atoms with E-state index in [0.29, 0.717) is 12.0 Å². The van der Waals surface area contributed by atoms with Crippen LogP contribution in [0, 0.1) is 13.8 Å². The molecule has 6 nitrogen and oxygen atoms in total. The molecule has 0 aromatic heterocycles. The molecule has 2 rings (SSSR count). The number of carboxylic acid groups (broad SMARTS) is 1. The van der Waals surface area contributed by atoms with Crippen LogP contribution in [0.1, 0.15) is 29.2 Å². The number of aliphatic carboxylic acids is 1. The molecule has 1 aliphatic heterocycles. The maximum absolute atomic E-state index is 12.1. The van der Waals surface area contributed by atoms with E-state index in [0.717, 1.165) is 11.1 Å². The van der Waals surface area contributed by atoms with E-state index in [1.54, 1.807) is 12.1 Å². The summed E-state index contributed by atoms with van der Waals surface area (Å²) < 4.78 is 22.8. The van der Waals surface area contributed by atoms with Gasteiger partial charge in [0.15, 0.2) is 15.9 Å². The molecule has 2 unspecified atom stereocenters. The van der Waals surface area contributed by atoms with Crippen LogP contribution in [0.2, 0.25) is 0 Å². The van der Waals surface area contributed by atoms with Gasteiger partial charge >= 0.3 is 5.97 Å². The van der Waals surface area contributed by atoms with Gasteiger partial charge in [0, 0.05) is 5.25 Å². The van der Waals surface area contributed by atoms with Crippen molar-refractivity contribution >= 4 is 33.5 Å². The molecule has 1 amide bonds. The summed E-state index contributed by atoms with van der Waals surface area (Å²) in [6, 6.07) is 4.23. The smallest absolute Gasteiger partial charge is 0.330 e. The summed E-state index contributed by atoms with van der Waals surface area (Å²) in [4.78, 5) is 23.6. The Morgan fingerprint density at radius 1 is 1.38 bits per heavy atom. The number of amides is 1. The van der Waals surface area contributed by atoms with Crippen LogP contribution in [0.3, 0.4) is 0 Å². The number of rotatable bonds is 6. The standard InChI is InChI=1S/C16H21NO5S2/c1-10-4-3-5-13(11(10)2)15(16(19)20)17-14(18)8-23-12-6-7-24(21,22)9-12/h3-5,12,15H,6-9H2,1-2H3,(H,17,18)(H,19,20). The third-order valence-corrected chi connectivity index (χ3v) is 7.43. The minimum atomic E-state index is -2.98. The number of benzene rings is 1. The number of carbonyl (C=O) groups is 2. The van der Waals surface area contributed by atoms with E-state index in [1.807, 2.05) is 19.9 Å². The molecule has 0 bridgehead atoms. The molecular weight excluding hydrogens is 350 g/mol. The number of nitrogens with one attached hydrogen (secondary N) is 1. The Hall–Kier alpha value is -1.54. The number of thioether (sulfide) groups is 1. The van der Waals surface area contributed by atoms with Crippen LogP contribution in [0.4, 0.5) is 0 Å². The topological polar surface area (TPSA) is 101 Å². The monoisotopic (exact) mass is 371 g/mol. The summed E-state index contributed by atoms with van der Waals surface area (Å²) in [7, 11) is -2.98. The Balaban J connectivity index is 1.99. The lowest BCUT2D eigenvalue weighted by Gasteiger charge is -2.18. The van der Waals surface area contributed by atoms with Crippen molar-refractivity contribution < 1.29 is 23.1 Å². The van der Waals surface area contributed by atoms with Crippen LogP contribution < -0.4 is 5.32 Å². The average Bonchev–Trinajstić information content (AvgIpc) is 2.85. The van der Waals surface area contributed by atoms with Crippen molar-refractivity contribution in [2.75, 3.05) is 17.3 Å². The second kappa shape index (κ2) is 7.57.